The van der Waals surface area contributed by atoms with Crippen LogP contribution in [-0.2, 0) is 11.2 Å². The average Bonchev–Trinajstić information content (AvgIpc) is 2.68. The molecular weight excluding hydrogens is 258 g/mol. The zero-order valence-corrected chi connectivity index (χ0v) is 12.4. The summed E-state index contributed by atoms with van der Waals surface area (Å²) in [6, 6.07) is 6.46. The number of hydrogen-bond donors (Lipinski definition) is 0. The van der Waals surface area contributed by atoms with Crippen molar-refractivity contribution >= 4 is 17.3 Å². The summed E-state index contributed by atoms with van der Waals surface area (Å²) in [6.45, 7) is 6.01. The van der Waals surface area contributed by atoms with E-state index in [0.717, 1.165) is 17.1 Å². The lowest BCUT2D eigenvalue weighted by molar-refractivity contribution is 0.0605. The van der Waals surface area contributed by atoms with Gasteiger partial charge in [-0.3, -0.25) is 0 Å². The number of ether oxygens (including phenoxy) is 1. The van der Waals surface area contributed by atoms with E-state index in [0.29, 0.717) is 4.88 Å². The van der Waals surface area contributed by atoms with Crippen molar-refractivity contribution in [3.63, 3.8) is 0 Å². The molecule has 0 amide bonds. The minimum Gasteiger partial charge on any atom is -0.465 e. The number of hydrogen-bond acceptors (Lipinski definition) is 4. The van der Waals surface area contributed by atoms with E-state index in [1.807, 2.05) is 6.92 Å². The van der Waals surface area contributed by atoms with Crippen LogP contribution in [0.3, 0.4) is 0 Å². The standard InChI is InChI=1S/C15H17NO2S/c1-9-5-10(2)7-12(6-9)8-13-16-11(3)14(19-13)15(17)18-4/h5-7H,8H2,1-4H3. The van der Waals surface area contributed by atoms with Crippen LogP contribution >= 0.6 is 11.3 Å². The molecule has 0 atom stereocenters. The molecule has 0 unspecified atom stereocenters. The molecule has 0 N–H and O–H groups in total. The number of esters is 1. The molecule has 3 nitrogen and oxygen atoms in total. The highest BCUT2D eigenvalue weighted by atomic mass is 32.1. The normalized spacial score (nSPS) is 10.5. The Hall–Kier alpha value is -1.68. The molecule has 100 valence electrons. The third-order valence-corrected chi connectivity index (χ3v) is 3.99. The van der Waals surface area contributed by atoms with Gasteiger partial charge in [0.05, 0.1) is 17.8 Å². The molecule has 1 heterocycles. The summed E-state index contributed by atoms with van der Waals surface area (Å²) in [6.07, 6.45) is 0.755. The van der Waals surface area contributed by atoms with Gasteiger partial charge in [-0.2, -0.15) is 0 Å². The van der Waals surface area contributed by atoms with Crippen LogP contribution in [0.2, 0.25) is 0 Å². The molecule has 0 aliphatic heterocycles. The van der Waals surface area contributed by atoms with Gasteiger partial charge >= 0.3 is 5.97 Å². The predicted octanol–water partition coefficient (Wildman–Crippen LogP) is 3.45. The number of carbonyl (C=O) groups excluding carboxylic acids is 1. The zero-order valence-electron chi connectivity index (χ0n) is 11.6. The van der Waals surface area contributed by atoms with E-state index < -0.39 is 0 Å². The van der Waals surface area contributed by atoms with E-state index in [4.69, 9.17) is 4.74 Å². The second-order valence-corrected chi connectivity index (χ2v) is 5.77. The highest BCUT2D eigenvalue weighted by molar-refractivity contribution is 7.13. The highest BCUT2D eigenvalue weighted by Crippen LogP contribution is 2.22. The van der Waals surface area contributed by atoms with Crippen LogP contribution in [0.5, 0.6) is 0 Å². The lowest BCUT2D eigenvalue weighted by Crippen LogP contribution is -1.99. The SMILES string of the molecule is COC(=O)c1sc(Cc2cc(C)cc(C)c2)nc1C. The first-order valence-electron chi connectivity index (χ1n) is 6.11. The summed E-state index contributed by atoms with van der Waals surface area (Å²) in [4.78, 5) is 16.6. The number of thiazole rings is 1. The maximum absolute atomic E-state index is 11.6. The second-order valence-electron chi connectivity index (χ2n) is 4.69. The number of aryl methyl sites for hydroxylation is 3. The number of nitrogens with zero attached hydrogens (tertiary/aromatic N) is 1. The second kappa shape index (κ2) is 5.53. The summed E-state index contributed by atoms with van der Waals surface area (Å²) in [7, 11) is 1.39. The van der Waals surface area contributed by atoms with Gasteiger partial charge in [-0.1, -0.05) is 29.3 Å². The maximum Gasteiger partial charge on any atom is 0.349 e. The predicted molar refractivity (Wildman–Crippen MR) is 76.9 cm³/mol. The van der Waals surface area contributed by atoms with Crippen molar-refractivity contribution in [2.75, 3.05) is 7.11 Å². The van der Waals surface area contributed by atoms with E-state index in [9.17, 15) is 4.79 Å². The van der Waals surface area contributed by atoms with Gasteiger partial charge in [0, 0.05) is 6.42 Å². The largest absolute Gasteiger partial charge is 0.465 e. The molecule has 0 spiro atoms. The fraction of sp³-hybridized carbons (Fsp3) is 0.333. The van der Waals surface area contributed by atoms with Gasteiger partial charge < -0.3 is 4.74 Å². The summed E-state index contributed by atoms with van der Waals surface area (Å²) in [5.74, 6) is -0.304. The highest BCUT2D eigenvalue weighted by Gasteiger charge is 2.15. The number of methoxy groups -OCH3 is 1. The fourth-order valence-electron chi connectivity index (χ4n) is 2.16. The number of benzene rings is 1. The van der Waals surface area contributed by atoms with Gasteiger partial charge in [-0.15, -0.1) is 11.3 Å². The Bertz CT molecular complexity index is 596. The molecule has 2 aromatic rings. The van der Waals surface area contributed by atoms with Crippen LogP contribution < -0.4 is 0 Å². The molecule has 0 aliphatic carbocycles. The van der Waals surface area contributed by atoms with Crippen LogP contribution in [-0.4, -0.2) is 18.1 Å². The molecule has 4 heteroatoms. The van der Waals surface area contributed by atoms with Crippen molar-refractivity contribution in [2.45, 2.75) is 27.2 Å². The summed E-state index contributed by atoms with van der Waals surface area (Å²) < 4.78 is 4.75. The zero-order chi connectivity index (χ0) is 14.0. The van der Waals surface area contributed by atoms with Gasteiger partial charge in [0.25, 0.3) is 0 Å². The van der Waals surface area contributed by atoms with Crippen LogP contribution in [0.4, 0.5) is 0 Å². The Morgan fingerprint density at radius 3 is 2.42 bits per heavy atom. The average molecular weight is 275 g/mol. The van der Waals surface area contributed by atoms with E-state index in [1.165, 1.54) is 35.1 Å². The Kier molecular flexibility index (Phi) is 4.00. The van der Waals surface area contributed by atoms with Crippen molar-refractivity contribution in [1.29, 1.82) is 0 Å². The van der Waals surface area contributed by atoms with Crippen LogP contribution in [0.15, 0.2) is 18.2 Å². The monoisotopic (exact) mass is 275 g/mol. The lowest BCUT2D eigenvalue weighted by atomic mass is 10.1. The first kappa shape index (κ1) is 13.7. The van der Waals surface area contributed by atoms with Gasteiger partial charge in [-0.05, 0) is 26.3 Å². The minimum absolute atomic E-state index is 0.304. The summed E-state index contributed by atoms with van der Waals surface area (Å²) >= 11 is 1.41. The van der Waals surface area contributed by atoms with E-state index in [1.54, 1.807) is 0 Å². The van der Waals surface area contributed by atoms with Gasteiger partial charge in [0.1, 0.15) is 4.88 Å². The summed E-state index contributed by atoms with van der Waals surface area (Å²) in [5.41, 5.74) is 4.46. The Labute approximate surface area is 117 Å². The molecule has 2 rings (SSSR count). The van der Waals surface area contributed by atoms with Gasteiger partial charge in [-0.25, -0.2) is 9.78 Å². The van der Waals surface area contributed by atoms with Crippen molar-refractivity contribution < 1.29 is 9.53 Å². The van der Waals surface area contributed by atoms with E-state index >= 15 is 0 Å². The van der Waals surface area contributed by atoms with Crippen LogP contribution in [0, 0.1) is 20.8 Å². The first-order chi connectivity index (χ1) is 8.99. The molecule has 0 saturated heterocycles. The number of rotatable bonds is 3. The molecular formula is C15H17NO2S. The van der Waals surface area contributed by atoms with Gasteiger partial charge in [0.15, 0.2) is 0 Å². The van der Waals surface area contributed by atoms with Crippen LogP contribution in [0.25, 0.3) is 0 Å². The molecule has 0 radical (unpaired) electrons. The van der Waals surface area contributed by atoms with Crippen molar-refractivity contribution in [1.82, 2.24) is 4.98 Å². The smallest absolute Gasteiger partial charge is 0.349 e. The molecule has 0 bridgehead atoms. The Morgan fingerprint density at radius 2 is 1.84 bits per heavy atom. The third-order valence-electron chi connectivity index (χ3n) is 2.85. The lowest BCUT2D eigenvalue weighted by Gasteiger charge is -2.02. The van der Waals surface area contributed by atoms with E-state index in [-0.39, 0.29) is 5.97 Å². The van der Waals surface area contributed by atoms with E-state index in [2.05, 4.69) is 37.0 Å². The minimum atomic E-state index is -0.304. The first-order valence-corrected chi connectivity index (χ1v) is 6.93. The molecule has 19 heavy (non-hydrogen) atoms. The quantitative estimate of drug-likeness (QED) is 0.805. The molecule has 0 aliphatic rings. The summed E-state index contributed by atoms with van der Waals surface area (Å²) in [5, 5.41) is 0.947. The molecule has 1 aromatic heterocycles. The van der Waals surface area contributed by atoms with Crippen molar-refractivity contribution in [3.8, 4) is 0 Å². The van der Waals surface area contributed by atoms with Crippen LogP contribution in [0.1, 0.15) is 37.1 Å². The molecule has 0 saturated carbocycles. The third kappa shape index (κ3) is 3.20. The fourth-order valence-corrected chi connectivity index (χ4v) is 3.17. The Balaban J connectivity index is 2.26. The van der Waals surface area contributed by atoms with Crippen molar-refractivity contribution in [2.24, 2.45) is 0 Å². The topological polar surface area (TPSA) is 39.2 Å². The maximum atomic E-state index is 11.6. The molecule has 1 aromatic carbocycles. The van der Waals surface area contributed by atoms with Crippen molar-refractivity contribution in [3.05, 3.63) is 50.5 Å². The number of aromatic nitrogens is 1. The Morgan fingerprint density at radius 1 is 1.21 bits per heavy atom. The number of carbonyl (C=O) groups is 1. The molecule has 0 fully saturated rings. The van der Waals surface area contributed by atoms with Gasteiger partial charge in [0.2, 0.25) is 0 Å².